The van der Waals surface area contributed by atoms with E-state index in [-0.39, 0.29) is 17.9 Å². The molecule has 0 N–H and O–H groups in total. The zero-order chi connectivity index (χ0) is 18.6. The number of rotatable bonds is 3. The summed E-state index contributed by atoms with van der Waals surface area (Å²) in [7, 11) is 2.02. The molecule has 1 heterocycles. The molecule has 3 aliphatic rings. The van der Waals surface area contributed by atoms with Gasteiger partial charge in [-0.2, -0.15) is 0 Å². The van der Waals surface area contributed by atoms with Crippen LogP contribution in [0.4, 0.5) is 8.78 Å². The van der Waals surface area contributed by atoms with Crippen LogP contribution in [0, 0.1) is 17.6 Å². The summed E-state index contributed by atoms with van der Waals surface area (Å²) in [6.07, 6.45) is 5.27. The van der Waals surface area contributed by atoms with Crippen molar-refractivity contribution in [1.29, 1.82) is 0 Å². The van der Waals surface area contributed by atoms with Gasteiger partial charge in [0.2, 0.25) is 5.91 Å². The van der Waals surface area contributed by atoms with Gasteiger partial charge in [-0.3, -0.25) is 9.69 Å². The molecule has 3 nitrogen and oxygen atoms in total. The highest BCUT2D eigenvalue weighted by atomic mass is 19.2. The number of nitrogens with zero attached hydrogens (tertiary/aromatic N) is 2. The Labute approximate surface area is 153 Å². The Bertz CT molecular complexity index is 839. The first-order valence-electron chi connectivity index (χ1n) is 9.37. The Hall–Kier alpha value is -2.01. The number of likely N-dealkylation sites (N-methyl/N-ethyl adjacent to an activating group) is 1. The number of fused-ring (bicyclic) bond motifs is 2. The summed E-state index contributed by atoms with van der Waals surface area (Å²) < 4.78 is 28.4. The lowest BCUT2D eigenvalue weighted by molar-refractivity contribution is -0.134. The van der Waals surface area contributed by atoms with Gasteiger partial charge in [0.05, 0.1) is 5.92 Å². The predicted molar refractivity (Wildman–Crippen MR) is 98.5 cm³/mol. The minimum Gasteiger partial charge on any atom is -0.343 e. The van der Waals surface area contributed by atoms with Gasteiger partial charge in [-0.15, -0.1) is 0 Å². The van der Waals surface area contributed by atoms with E-state index in [9.17, 15) is 13.6 Å². The van der Waals surface area contributed by atoms with Crippen molar-refractivity contribution in [2.24, 2.45) is 5.92 Å². The fourth-order valence-corrected chi connectivity index (χ4v) is 4.70. The molecule has 0 saturated heterocycles. The van der Waals surface area contributed by atoms with Gasteiger partial charge in [0, 0.05) is 31.2 Å². The van der Waals surface area contributed by atoms with E-state index < -0.39 is 11.6 Å². The number of amides is 1. The van der Waals surface area contributed by atoms with Crippen LogP contribution in [-0.4, -0.2) is 48.4 Å². The van der Waals surface area contributed by atoms with E-state index >= 15 is 0 Å². The van der Waals surface area contributed by atoms with Crippen LogP contribution in [0.3, 0.4) is 0 Å². The van der Waals surface area contributed by atoms with Crippen LogP contribution in [0.25, 0.3) is 11.1 Å². The first kappa shape index (κ1) is 17.4. The smallest absolute Gasteiger partial charge is 0.230 e. The molecule has 0 spiro atoms. The van der Waals surface area contributed by atoms with Crippen molar-refractivity contribution in [2.75, 3.05) is 26.7 Å². The van der Waals surface area contributed by atoms with Crippen molar-refractivity contribution in [2.45, 2.75) is 32.7 Å². The molecule has 0 bridgehead atoms. The van der Waals surface area contributed by atoms with Gasteiger partial charge in [-0.1, -0.05) is 12.2 Å². The van der Waals surface area contributed by atoms with Gasteiger partial charge in [0.1, 0.15) is 0 Å². The molecule has 0 fully saturated rings. The minimum absolute atomic E-state index is 0.105. The summed E-state index contributed by atoms with van der Waals surface area (Å²) >= 11 is 0. The van der Waals surface area contributed by atoms with E-state index in [2.05, 4.69) is 4.90 Å². The Balaban J connectivity index is 1.82. The number of carbonyl (C=O) groups is 1. The summed E-state index contributed by atoms with van der Waals surface area (Å²) in [5.74, 6) is -1.67. The van der Waals surface area contributed by atoms with Gasteiger partial charge >= 0.3 is 0 Å². The molecule has 1 aromatic carbocycles. The first-order valence-corrected chi connectivity index (χ1v) is 9.37. The van der Waals surface area contributed by atoms with Crippen LogP contribution in [0.2, 0.25) is 0 Å². The molecule has 0 unspecified atom stereocenters. The molecule has 0 aromatic heterocycles. The molecule has 1 amide bonds. The van der Waals surface area contributed by atoms with Crippen molar-refractivity contribution in [3.8, 4) is 0 Å². The zero-order valence-corrected chi connectivity index (χ0v) is 15.5. The summed E-state index contributed by atoms with van der Waals surface area (Å²) in [4.78, 5) is 16.9. The highest BCUT2D eigenvalue weighted by Crippen LogP contribution is 2.47. The number of hydrogen-bond acceptors (Lipinski definition) is 2. The quantitative estimate of drug-likeness (QED) is 0.826. The van der Waals surface area contributed by atoms with Gasteiger partial charge in [-0.05, 0) is 62.1 Å². The Morgan fingerprint density at radius 1 is 1.31 bits per heavy atom. The molecular weight excluding hydrogens is 334 g/mol. The molecule has 2 aliphatic carbocycles. The van der Waals surface area contributed by atoms with Crippen molar-refractivity contribution in [3.05, 3.63) is 46.5 Å². The molecule has 26 heavy (non-hydrogen) atoms. The number of allylic oxidation sites excluding steroid dienone is 1. The first-order chi connectivity index (χ1) is 12.5. The lowest BCUT2D eigenvalue weighted by Gasteiger charge is -2.41. The highest BCUT2D eigenvalue weighted by Gasteiger charge is 2.39. The molecule has 0 radical (unpaired) electrons. The van der Waals surface area contributed by atoms with E-state index in [1.807, 2.05) is 37.9 Å². The van der Waals surface area contributed by atoms with Crippen LogP contribution < -0.4 is 0 Å². The van der Waals surface area contributed by atoms with Gasteiger partial charge in [-0.25, -0.2) is 8.78 Å². The van der Waals surface area contributed by atoms with Crippen molar-refractivity contribution < 1.29 is 13.6 Å². The van der Waals surface area contributed by atoms with Crippen molar-refractivity contribution >= 4 is 17.1 Å². The standard InChI is InChI=1S/C21H24F2N2O/c1-4-25(5-2)21(26)13-8-15-16-10-17(22)20(23)14-7-6-12(19(14)16)9-18(15)24(3)11-13/h6,8,10,13,18H,4-5,7,9,11H2,1-3H3/t13-,18-/m1/s1. The van der Waals surface area contributed by atoms with E-state index in [1.165, 1.54) is 6.07 Å². The zero-order valence-electron chi connectivity index (χ0n) is 15.5. The van der Waals surface area contributed by atoms with E-state index in [0.29, 0.717) is 31.6 Å². The molecule has 4 rings (SSSR count). The van der Waals surface area contributed by atoms with Crippen molar-refractivity contribution in [1.82, 2.24) is 9.80 Å². The SMILES string of the molecule is CCN(CC)C(=O)[C@@H]1C=C2c3cc(F)c(F)c4c3C(=CC4)C[C@H]2N(C)C1. The fourth-order valence-electron chi connectivity index (χ4n) is 4.70. The fraction of sp³-hybridized carbons (Fsp3) is 0.476. The van der Waals surface area contributed by atoms with Gasteiger partial charge in [0.25, 0.3) is 0 Å². The summed E-state index contributed by atoms with van der Waals surface area (Å²) in [5, 5.41) is 0. The van der Waals surface area contributed by atoms with E-state index in [0.717, 1.165) is 28.7 Å². The van der Waals surface area contributed by atoms with E-state index in [4.69, 9.17) is 0 Å². The number of carbonyl (C=O) groups excluding carboxylic acids is 1. The molecule has 5 heteroatoms. The Morgan fingerprint density at radius 3 is 2.73 bits per heavy atom. The molecule has 2 atom stereocenters. The van der Waals surface area contributed by atoms with Crippen LogP contribution in [0.15, 0.2) is 18.2 Å². The number of benzene rings is 1. The summed E-state index contributed by atoms with van der Waals surface area (Å²) in [6.45, 7) is 5.96. The normalized spacial score (nSPS) is 23.9. The highest BCUT2D eigenvalue weighted by molar-refractivity contribution is 5.93. The van der Waals surface area contributed by atoms with Gasteiger partial charge < -0.3 is 4.90 Å². The third kappa shape index (κ3) is 2.44. The predicted octanol–water partition coefficient (Wildman–Crippen LogP) is 3.49. The lowest BCUT2D eigenvalue weighted by Crippen LogP contribution is -2.47. The maximum absolute atomic E-state index is 14.2. The van der Waals surface area contributed by atoms with Crippen LogP contribution in [-0.2, 0) is 11.2 Å². The molecule has 1 aromatic rings. The topological polar surface area (TPSA) is 23.6 Å². The third-order valence-corrected chi connectivity index (χ3v) is 6.06. The second-order valence-corrected chi connectivity index (χ2v) is 7.41. The summed E-state index contributed by atoms with van der Waals surface area (Å²) in [5.41, 5.74) is 4.17. The van der Waals surface area contributed by atoms with Crippen LogP contribution in [0.5, 0.6) is 0 Å². The number of hydrogen-bond donors (Lipinski definition) is 0. The second-order valence-electron chi connectivity index (χ2n) is 7.41. The summed E-state index contributed by atoms with van der Waals surface area (Å²) in [6, 6.07) is 1.44. The molecular formula is C21H24F2N2O. The minimum atomic E-state index is -0.796. The Kier molecular flexibility index (Phi) is 4.22. The molecule has 0 saturated carbocycles. The van der Waals surface area contributed by atoms with Crippen molar-refractivity contribution in [3.63, 3.8) is 0 Å². The lowest BCUT2D eigenvalue weighted by atomic mass is 9.76. The average Bonchev–Trinajstić information content (AvgIpc) is 3.05. The van der Waals surface area contributed by atoms with Gasteiger partial charge in [0.15, 0.2) is 11.6 Å². The Morgan fingerprint density at radius 2 is 2.04 bits per heavy atom. The number of halogens is 2. The largest absolute Gasteiger partial charge is 0.343 e. The molecule has 1 aliphatic heterocycles. The van der Waals surface area contributed by atoms with Crippen LogP contribution in [0.1, 0.15) is 37.0 Å². The maximum atomic E-state index is 14.2. The molecule has 138 valence electrons. The van der Waals surface area contributed by atoms with Crippen LogP contribution >= 0.6 is 0 Å². The maximum Gasteiger partial charge on any atom is 0.230 e. The monoisotopic (exact) mass is 358 g/mol. The third-order valence-electron chi connectivity index (χ3n) is 6.06. The van der Waals surface area contributed by atoms with E-state index in [1.54, 1.807) is 0 Å². The second kappa shape index (κ2) is 6.31. The average molecular weight is 358 g/mol.